The monoisotopic (exact) mass is 312 g/mol. The lowest BCUT2D eigenvalue weighted by atomic mass is 10.5. The van der Waals surface area contributed by atoms with Crippen LogP contribution in [0.5, 0.6) is 0 Å². The number of nitrogens with two attached hydrogens (primary N) is 1. The number of morpholine rings is 1. The second kappa shape index (κ2) is 5.58. The van der Waals surface area contributed by atoms with Gasteiger partial charge in [-0.2, -0.15) is 0 Å². The summed E-state index contributed by atoms with van der Waals surface area (Å²) < 4.78 is 31.9. The van der Waals surface area contributed by atoms with Crippen LogP contribution in [0.25, 0.3) is 5.65 Å². The smallest absolute Gasteiger partial charge is 0.273 e. The second-order valence-electron chi connectivity index (χ2n) is 4.53. The number of anilines is 1. The Balaban J connectivity index is 2.01. The highest BCUT2D eigenvalue weighted by molar-refractivity contribution is 7.89. The zero-order chi connectivity index (χ0) is 14.9. The summed E-state index contributed by atoms with van der Waals surface area (Å²) in [5, 5.41) is 1.58. The third kappa shape index (κ3) is 2.71. The van der Waals surface area contributed by atoms with Gasteiger partial charge in [-0.05, 0) is 12.1 Å². The molecule has 2 aromatic rings. The molecule has 0 radical (unpaired) electrons. The van der Waals surface area contributed by atoms with Crippen molar-refractivity contribution in [3.8, 4) is 0 Å². The maximum absolute atomic E-state index is 12.6. The van der Waals surface area contributed by atoms with Gasteiger partial charge in [-0.3, -0.25) is 4.40 Å². The van der Waals surface area contributed by atoms with E-state index in [9.17, 15) is 8.42 Å². The van der Waals surface area contributed by atoms with Crippen LogP contribution in [0, 0.1) is 0 Å². The van der Waals surface area contributed by atoms with Gasteiger partial charge >= 0.3 is 0 Å². The Bertz CT molecular complexity index is 737. The van der Waals surface area contributed by atoms with Crippen LogP contribution in [0.3, 0.4) is 0 Å². The molecule has 0 bridgehead atoms. The van der Waals surface area contributed by atoms with Crippen molar-refractivity contribution < 1.29 is 13.2 Å². The van der Waals surface area contributed by atoms with Gasteiger partial charge in [0.05, 0.1) is 13.2 Å². The van der Waals surface area contributed by atoms with Gasteiger partial charge in [0.25, 0.3) is 10.0 Å². The molecule has 0 spiro atoms. The second-order valence-corrected chi connectivity index (χ2v) is 6.11. The van der Waals surface area contributed by atoms with Crippen LogP contribution in [0.1, 0.15) is 0 Å². The molecule has 21 heavy (non-hydrogen) atoms. The van der Waals surface area contributed by atoms with Crippen LogP contribution >= 0.6 is 0 Å². The number of nitrogen functional groups attached to an aromatic ring is 1. The Labute approximate surface area is 121 Å². The highest BCUT2D eigenvalue weighted by Gasteiger charge is 2.27. The lowest BCUT2D eigenvalue weighted by Crippen LogP contribution is -2.48. The van der Waals surface area contributed by atoms with Crippen LogP contribution in [0.2, 0.25) is 0 Å². The van der Waals surface area contributed by atoms with Crippen molar-refractivity contribution in [2.24, 2.45) is 5.84 Å². The van der Waals surface area contributed by atoms with Crippen LogP contribution in [0.4, 0.5) is 5.82 Å². The Morgan fingerprint density at radius 2 is 2.05 bits per heavy atom. The Morgan fingerprint density at radius 1 is 1.29 bits per heavy atom. The quantitative estimate of drug-likeness (QED) is 0.497. The molecule has 9 nitrogen and oxygen atoms in total. The number of rotatable bonds is 4. The van der Waals surface area contributed by atoms with E-state index >= 15 is 0 Å². The number of nitrogens with one attached hydrogen (secondary N) is 2. The van der Waals surface area contributed by atoms with Crippen molar-refractivity contribution in [1.29, 1.82) is 0 Å². The van der Waals surface area contributed by atoms with Crippen LogP contribution in [0.15, 0.2) is 29.4 Å². The van der Waals surface area contributed by atoms with Gasteiger partial charge in [0, 0.05) is 19.3 Å². The molecule has 0 aliphatic carbocycles. The average molecular weight is 312 g/mol. The summed E-state index contributed by atoms with van der Waals surface area (Å²) in [6, 6.07) is 5.20. The molecule has 0 saturated carbocycles. The van der Waals surface area contributed by atoms with Gasteiger partial charge in [0.1, 0.15) is 5.65 Å². The van der Waals surface area contributed by atoms with Crippen molar-refractivity contribution in [3.05, 3.63) is 24.4 Å². The zero-order valence-electron chi connectivity index (χ0n) is 11.2. The minimum Gasteiger partial charge on any atom is -0.379 e. The number of pyridine rings is 1. The lowest BCUT2D eigenvalue weighted by molar-refractivity contribution is 0.0272. The molecule has 0 aromatic carbocycles. The van der Waals surface area contributed by atoms with E-state index in [1.54, 1.807) is 29.4 Å². The van der Waals surface area contributed by atoms with Gasteiger partial charge in [-0.15, -0.1) is 4.83 Å². The Kier molecular flexibility index (Phi) is 3.78. The van der Waals surface area contributed by atoms with Gasteiger partial charge in [0.2, 0.25) is 5.03 Å². The van der Waals surface area contributed by atoms with Crippen molar-refractivity contribution in [2.75, 3.05) is 31.7 Å². The topological polar surface area (TPSA) is 114 Å². The first-order valence-electron chi connectivity index (χ1n) is 6.40. The summed E-state index contributed by atoms with van der Waals surface area (Å²) in [7, 11) is -3.81. The van der Waals surface area contributed by atoms with E-state index in [4.69, 9.17) is 10.6 Å². The SMILES string of the molecule is NNc1nc2ccccn2c1S(=O)(=O)NN1CCOCC1. The fraction of sp³-hybridized carbons (Fsp3) is 0.364. The molecule has 3 heterocycles. The number of aromatic nitrogens is 2. The van der Waals surface area contributed by atoms with Gasteiger partial charge in [0.15, 0.2) is 5.82 Å². The predicted octanol–water partition coefficient (Wildman–Crippen LogP) is -0.855. The number of nitrogens with zero attached hydrogens (tertiary/aromatic N) is 3. The highest BCUT2D eigenvalue weighted by Crippen LogP contribution is 2.22. The molecule has 1 saturated heterocycles. The summed E-state index contributed by atoms with van der Waals surface area (Å²) in [6.07, 6.45) is 1.62. The van der Waals surface area contributed by atoms with Crippen LogP contribution in [-0.2, 0) is 14.8 Å². The highest BCUT2D eigenvalue weighted by atomic mass is 32.2. The first-order chi connectivity index (χ1) is 10.1. The Hall–Kier alpha value is -1.72. The molecule has 1 aliphatic rings. The summed E-state index contributed by atoms with van der Waals surface area (Å²) in [5.74, 6) is 5.49. The van der Waals surface area contributed by atoms with E-state index in [0.717, 1.165) is 0 Å². The maximum atomic E-state index is 12.6. The number of hydrogen-bond acceptors (Lipinski definition) is 7. The summed E-state index contributed by atoms with van der Waals surface area (Å²) in [6.45, 7) is 1.94. The number of fused-ring (bicyclic) bond motifs is 1. The molecule has 2 aromatic heterocycles. The predicted molar refractivity (Wildman–Crippen MR) is 75.7 cm³/mol. The molecule has 0 unspecified atom stereocenters. The third-order valence-corrected chi connectivity index (χ3v) is 4.54. The maximum Gasteiger partial charge on any atom is 0.273 e. The molecule has 114 valence electrons. The molecule has 3 rings (SSSR count). The number of sulfonamides is 1. The van der Waals surface area contributed by atoms with E-state index in [1.807, 2.05) is 0 Å². The van der Waals surface area contributed by atoms with Crippen LogP contribution < -0.4 is 16.1 Å². The number of hydrogen-bond donors (Lipinski definition) is 3. The minimum absolute atomic E-state index is 0.0212. The normalized spacial score (nSPS) is 17.2. The summed E-state index contributed by atoms with van der Waals surface area (Å²) >= 11 is 0. The van der Waals surface area contributed by atoms with E-state index in [-0.39, 0.29) is 10.8 Å². The summed E-state index contributed by atoms with van der Waals surface area (Å²) in [5.41, 5.74) is 2.83. The lowest BCUT2D eigenvalue weighted by Gasteiger charge is -2.26. The molecule has 1 aliphatic heterocycles. The van der Waals surface area contributed by atoms with E-state index in [0.29, 0.717) is 32.0 Å². The van der Waals surface area contributed by atoms with Crippen molar-refractivity contribution in [2.45, 2.75) is 5.03 Å². The van der Waals surface area contributed by atoms with Gasteiger partial charge in [-0.25, -0.2) is 24.3 Å². The molecule has 1 fully saturated rings. The molecule has 0 amide bonds. The van der Waals surface area contributed by atoms with E-state index < -0.39 is 10.0 Å². The van der Waals surface area contributed by atoms with E-state index in [2.05, 4.69) is 15.2 Å². The number of hydrazine groups is 2. The summed E-state index contributed by atoms with van der Waals surface area (Å²) in [4.78, 5) is 6.69. The van der Waals surface area contributed by atoms with Crippen molar-refractivity contribution in [1.82, 2.24) is 19.2 Å². The number of ether oxygens (including phenoxy) is 1. The van der Waals surface area contributed by atoms with Gasteiger partial charge < -0.3 is 10.2 Å². The first kappa shape index (κ1) is 14.2. The zero-order valence-corrected chi connectivity index (χ0v) is 12.0. The fourth-order valence-electron chi connectivity index (χ4n) is 2.19. The first-order valence-corrected chi connectivity index (χ1v) is 7.89. The minimum atomic E-state index is -3.81. The molecule has 10 heteroatoms. The van der Waals surface area contributed by atoms with Crippen molar-refractivity contribution >= 4 is 21.5 Å². The number of imidazole rings is 1. The van der Waals surface area contributed by atoms with E-state index in [1.165, 1.54) is 4.40 Å². The standard InChI is InChI=1S/C11H16N6O3S/c12-14-10-11(17-4-2-1-3-9(17)13-10)21(18,19)15-16-5-7-20-8-6-16/h1-4,14-15H,5-8,12H2. The van der Waals surface area contributed by atoms with Crippen LogP contribution in [-0.4, -0.2) is 49.1 Å². The molecular weight excluding hydrogens is 296 g/mol. The largest absolute Gasteiger partial charge is 0.379 e. The molecular formula is C11H16N6O3S. The molecule has 4 N–H and O–H groups in total. The fourth-order valence-corrected chi connectivity index (χ4v) is 3.57. The average Bonchev–Trinajstić information content (AvgIpc) is 2.87. The Morgan fingerprint density at radius 3 is 2.76 bits per heavy atom. The van der Waals surface area contributed by atoms with Crippen molar-refractivity contribution in [3.63, 3.8) is 0 Å². The molecule has 0 atom stereocenters. The third-order valence-electron chi connectivity index (χ3n) is 3.14. The van der Waals surface area contributed by atoms with Gasteiger partial charge in [-0.1, -0.05) is 6.07 Å².